The maximum Gasteiger partial charge on any atom is 0.326 e. The van der Waals surface area contributed by atoms with E-state index in [4.69, 9.17) is 27.9 Å². The maximum absolute atomic E-state index is 12.6. The molecule has 0 unspecified atom stereocenters. The highest BCUT2D eigenvalue weighted by Gasteiger charge is 2.61. The van der Waals surface area contributed by atoms with Crippen molar-refractivity contribution in [2.75, 3.05) is 18.5 Å². The molecule has 1 aliphatic heterocycles. The van der Waals surface area contributed by atoms with Gasteiger partial charge in [-0.2, -0.15) is 0 Å². The first-order valence-corrected chi connectivity index (χ1v) is 9.87. The molecule has 28 heavy (non-hydrogen) atoms. The number of carbonyl (C=O) groups is 4. The summed E-state index contributed by atoms with van der Waals surface area (Å²) < 4.78 is 4.92. The first kappa shape index (κ1) is 19.2. The maximum atomic E-state index is 12.6. The minimum absolute atomic E-state index is 0.179. The van der Waals surface area contributed by atoms with E-state index in [0.717, 1.165) is 24.2 Å². The van der Waals surface area contributed by atoms with Crippen LogP contribution in [0.5, 0.6) is 0 Å². The van der Waals surface area contributed by atoms with Crippen LogP contribution in [-0.4, -0.2) is 41.7 Å². The third kappa shape index (κ3) is 3.26. The van der Waals surface area contributed by atoms with Gasteiger partial charge < -0.3 is 10.1 Å². The monoisotopic (exact) mass is 424 g/mol. The second-order valence-electron chi connectivity index (χ2n) is 7.46. The summed E-state index contributed by atoms with van der Waals surface area (Å²) in [7, 11) is 0. The molecule has 3 aliphatic rings. The molecule has 1 aromatic carbocycles. The molecule has 4 atom stereocenters. The molecule has 3 amide bonds. The number of imide groups is 1. The molecule has 1 aromatic rings. The second kappa shape index (κ2) is 7.37. The van der Waals surface area contributed by atoms with Crippen molar-refractivity contribution >= 4 is 52.6 Å². The zero-order valence-electron chi connectivity index (χ0n) is 14.8. The molecule has 1 heterocycles. The highest BCUT2D eigenvalue weighted by atomic mass is 35.5. The number of anilines is 1. The molecule has 3 fully saturated rings. The topological polar surface area (TPSA) is 92.8 Å². The van der Waals surface area contributed by atoms with E-state index in [1.807, 2.05) is 0 Å². The summed E-state index contributed by atoms with van der Waals surface area (Å²) >= 11 is 11.9. The number of esters is 1. The van der Waals surface area contributed by atoms with Crippen LogP contribution < -0.4 is 5.32 Å². The molecule has 7 nitrogen and oxygen atoms in total. The minimum atomic E-state index is -0.804. The molecule has 0 aromatic heterocycles. The van der Waals surface area contributed by atoms with Gasteiger partial charge in [0.1, 0.15) is 6.54 Å². The molecule has 148 valence electrons. The van der Waals surface area contributed by atoms with Crippen molar-refractivity contribution in [3.8, 4) is 0 Å². The van der Waals surface area contributed by atoms with Crippen molar-refractivity contribution in [2.24, 2.45) is 23.7 Å². The zero-order valence-corrected chi connectivity index (χ0v) is 16.3. The fourth-order valence-corrected chi connectivity index (χ4v) is 5.08. The van der Waals surface area contributed by atoms with Crippen LogP contribution in [0.15, 0.2) is 18.2 Å². The summed E-state index contributed by atoms with van der Waals surface area (Å²) in [6.07, 6.45) is 2.86. The molecule has 0 radical (unpaired) electrons. The summed E-state index contributed by atoms with van der Waals surface area (Å²) in [5, 5.41) is 2.95. The molecular formula is C19H18Cl2N2O5. The van der Waals surface area contributed by atoms with Gasteiger partial charge in [0, 0.05) is 0 Å². The van der Waals surface area contributed by atoms with Crippen LogP contribution in [0, 0.1) is 23.7 Å². The summed E-state index contributed by atoms with van der Waals surface area (Å²) in [6, 6.07) is 4.75. The lowest BCUT2D eigenvalue weighted by Crippen LogP contribution is -2.38. The normalized spacial score (nSPS) is 27.9. The van der Waals surface area contributed by atoms with Gasteiger partial charge in [-0.05, 0) is 43.2 Å². The van der Waals surface area contributed by atoms with Crippen LogP contribution in [0.4, 0.5) is 5.69 Å². The van der Waals surface area contributed by atoms with E-state index in [-0.39, 0.29) is 45.5 Å². The van der Waals surface area contributed by atoms with E-state index in [1.165, 1.54) is 0 Å². The van der Waals surface area contributed by atoms with Gasteiger partial charge >= 0.3 is 5.97 Å². The highest BCUT2D eigenvalue weighted by Crippen LogP contribution is 2.56. The van der Waals surface area contributed by atoms with E-state index < -0.39 is 25.0 Å². The van der Waals surface area contributed by atoms with E-state index in [0.29, 0.717) is 5.69 Å². The lowest BCUT2D eigenvalue weighted by atomic mass is 9.81. The van der Waals surface area contributed by atoms with Gasteiger partial charge in [0.05, 0.1) is 27.6 Å². The smallest absolute Gasteiger partial charge is 0.326 e. The Bertz CT molecular complexity index is 846. The number of carbonyl (C=O) groups excluding carboxylic acids is 4. The van der Waals surface area contributed by atoms with Crippen LogP contribution in [0.3, 0.4) is 0 Å². The number of nitrogens with one attached hydrogen (secondary N) is 1. The largest absolute Gasteiger partial charge is 0.454 e. The van der Waals surface area contributed by atoms with Gasteiger partial charge in [0.15, 0.2) is 6.61 Å². The molecular weight excluding hydrogens is 407 g/mol. The van der Waals surface area contributed by atoms with Gasteiger partial charge in [-0.25, -0.2) is 0 Å². The number of amides is 3. The first-order valence-electron chi connectivity index (χ1n) is 9.11. The van der Waals surface area contributed by atoms with Crippen molar-refractivity contribution in [3.05, 3.63) is 28.2 Å². The fourth-order valence-electron chi connectivity index (χ4n) is 4.73. The van der Waals surface area contributed by atoms with Gasteiger partial charge in [-0.3, -0.25) is 24.1 Å². The third-order valence-electron chi connectivity index (χ3n) is 5.90. The lowest BCUT2D eigenvalue weighted by molar-refractivity contribution is -0.154. The number of hydrogen-bond donors (Lipinski definition) is 1. The predicted octanol–water partition coefficient (Wildman–Crippen LogP) is 2.51. The zero-order chi connectivity index (χ0) is 20.0. The molecule has 4 rings (SSSR count). The van der Waals surface area contributed by atoms with Gasteiger partial charge in [0.2, 0.25) is 11.8 Å². The Kier molecular flexibility index (Phi) is 5.05. The first-order chi connectivity index (χ1) is 13.4. The number of halogens is 2. The number of hydrogen-bond acceptors (Lipinski definition) is 5. The SMILES string of the molecule is O=C(COC(=O)CN1C(=O)[C@H]2[C@H]3CC[C@@H](C3)[C@@H]2C1=O)Nc1cccc(Cl)c1Cl. The van der Waals surface area contributed by atoms with Crippen LogP contribution in [0.1, 0.15) is 19.3 Å². The number of nitrogens with zero attached hydrogens (tertiary/aromatic N) is 1. The molecule has 1 saturated heterocycles. The standard InChI is InChI=1S/C19H18Cl2N2O5/c20-11-2-1-3-12(17(11)21)22-13(24)8-28-14(25)7-23-18(26)15-9-4-5-10(6-9)16(15)19(23)27/h1-3,9-10,15-16H,4-8H2,(H,22,24)/t9-,10-,15-,16-/m0/s1. The summed E-state index contributed by atoms with van der Waals surface area (Å²) in [5.74, 6) is -2.04. The molecule has 2 aliphatic carbocycles. The Morgan fingerprint density at radius 3 is 2.39 bits per heavy atom. The number of likely N-dealkylation sites (tertiary alicyclic amines) is 1. The molecule has 0 spiro atoms. The van der Waals surface area contributed by atoms with Crippen LogP contribution in [0.25, 0.3) is 0 Å². The van der Waals surface area contributed by atoms with Crippen molar-refractivity contribution in [1.82, 2.24) is 4.90 Å². The Hall–Kier alpha value is -2.12. The Labute approximate surface area is 171 Å². The number of rotatable bonds is 5. The number of fused-ring (bicyclic) bond motifs is 5. The van der Waals surface area contributed by atoms with Gasteiger partial charge in [0.25, 0.3) is 5.91 Å². The minimum Gasteiger partial charge on any atom is -0.454 e. The van der Waals surface area contributed by atoms with Crippen molar-refractivity contribution in [1.29, 1.82) is 0 Å². The van der Waals surface area contributed by atoms with Gasteiger partial charge in [-0.1, -0.05) is 29.3 Å². The Morgan fingerprint density at radius 2 is 1.75 bits per heavy atom. The summed E-state index contributed by atoms with van der Waals surface area (Å²) in [5.41, 5.74) is 0.295. The van der Waals surface area contributed by atoms with Crippen LogP contribution >= 0.6 is 23.2 Å². The lowest BCUT2D eigenvalue weighted by Gasteiger charge is -2.19. The van der Waals surface area contributed by atoms with E-state index in [2.05, 4.69) is 5.32 Å². The second-order valence-corrected chi connectivity index (χ2v) is 8.24. The van der Waals surface area contributed by atoms with E-state index in [9.17, 15) is 19.2 Å². The average Bonchev–Trinajstić information content (AvgIpc) is 3.34. The van der Waals surface area contributed by atoms with Crippen molar-refractivity contribution in [2.45, 2.75) is 19.3 Å². The summed E-state index contributed by atoms with van der Waals surface area (Å²) in [4.78, 5) is 50.2. The van der Waals surface area contributed by atoms with Crippen LogP contribution in [-0.2, 0) is 23.9 Å². The molecule has 2 saturated carbocycles. The van der Waals surface area contributed by atoms with Crippen molar-refractivity contribution in [3.63, 3.8) is 0 Å². The van der Waals surface area contributed by atoms with E-state index in [1.54, 1.807) is 18.2 Å². The molecule has 1 N–H and O–H groups in total. The fraction of sp³-hybridized carbons (Fsp3) is 0.474. The quantitative estimate of drug-likeness (QED) is 0.578. The average molecular weight is 425 g/mol. The predicted molar refractivity (Wildman–Crippen MR) is 101 cm³/mol. The highest BCUT2D eigenvalue weighted by molar-refractivity contribution is 6.44. The Balaban J connectivity index is 1.30. The number of ether oxygens (including phenoxy) is 1. The molecule has 2 bridgehead atoms. The molecule has 9 heteroatoms. The van der Waals surface area contributed by atoms with Crippen molar-refractivity contribution < 1.29 is 23.9 Å². The summed E-state index contributed by atoms with van der Waals surface area (Å²) in [6.45, 7) is -1.02. The van der Waals surface area contributed by atoms with Gasteiger partial charge in [-0.15, -0.1) is 0 Å². The third-order valence-corrected chi connectivity index (χ3v) is 6.71. The van der Waals surface area contributed by atoms with E-state index >= 15 is 0 Å². The number of benzene rings is 1. The Morgan fingerprint density at radius 1 is 1.11 bits per heavy atom. The van der Waals surface area contributed by atoms with Crippen LogP contribution in [0.2, 0.25) is 10.0 Å².